The summed E-state index contributed by atoms with van der Waals surface area (Å²) < 4.78 is 10.7. The molecular formula is C18H21N3O4. The van der Waals surface area contributed by atoms with Gasteiger partial charge in [0.2, 0.25) is 11.8 Å². The van der Waals surface area contributed by atoms with Gasteiger partial charge in [-0.3, -0.25) is 9.59 Å². The average Bonchev–Trinajstić information content (AvgIpc) is 3.35. The van der Waals surface area contributed by atoms with E-state index in [0.29, 0.717) is 19.6 Å². The van der Waals surface area contributed by atoms with Crippen molar-refractivity contribution in [1.29, 1.82) is 0 Å². The third-order valence-electron chi connectivity index (χ3n) is 5.00. The first-order valence-electron chi connectivity index (χ1n) is 8.65. The van der Waals surface area contributed by atoms with E-state index in [2.05, 4.69) is 5.16 Å². The summed E-state index contributed by atoms with van der Waals surface area (Å²) in [5.74, 6) is 1.21. The first-order valence-corrected chi connectivity index (χ1v) is 8.65. The molecule has 2 atom stereocenters. The fourth-order valence-electron chi connectivity index (χ4n) is 3.78. The second-order valence-electron chi connectivity index (χ2n) is 6.81. The van der Waals surface area contributed by atoms with Crippen molar-refractivity contribution in [3.63, 3.8) is 0 Å². The molecule has 0 N–H and O–H groups in total. The molecule has 132 valence electrons. The Hall–Kier alpha value is -2.57. The lowest BCUT2D eigenvalue weighted by Crippen LogP contribution is -2.37. The number of carbonyl (C=O) groups excluding carboxylic acids is 2. The Morgan fingerprint density at radius 1 is 1.44 bits per heavy atom. The molecule has 0 radical (unpaired) electrons. The van der Waals surface area contributed by atoms with Crippen molar-refractivity contribution in [2.75, 3.05) is 13.1 Å². The summed E-state index contributed by atoms with van der Waals surface area (Å²) in [4.78, 5) is 28.8. The standard InChI is InChI=1S/C18H21N3O4/c1-12-8-16(25-19-12)15-5-2-6-21(15)18(23)13-9-17(22)20(10-13)11-14-4-3-7-24-14/h3-4,7-8,13,15H,2,5-6,9-11H2,1H3/t13-,15-/m1/s1. The molecule has 0 bridgehead atoms. The van der Waals surface area contributed by atoms with Gasteiger partial charge in [-0.15, -0.1) is 0 Å². The maximum absolute atomic E-state index is 13.0. The van der Waals surface area contributed by atoms with Gasteiger partial charge < -0.3 is 18.7 Å². The van der Waals surface area contributed by atoms with Crippen LogP contribution in [0.25, 0.3) is 0 Å². The van der Waals surface area contributed by atoms with Crippen LogP contribution in [0.3, 0.4) is 0 Å². The lowest BCUT2D eigenvalue weighted by atomic mass is 10.1. The maximum atomic E-state index is 13.0. The first kappa shape index (κ1) is 15.9. The number of carbonyl (C=O) groups is 2. The number of aryl methyl sites for hydroxylation is 1. The number of furan rings is 1. The highest BCUT2D eigenvalue weighted by molar-refractivity contribution is 5.89. The molecule has 0 saturated carbocycles. The zero-order valence-electron chi connectivity index (χ0n) is 14.2. The molecule has 2 fully saturated rings. The molecule has 4 heterocycles. The summed E-state index contributed by atoms with van der Waals surface area (Å²) in [7, 11) is 0. The van der Waals surface area contributed by atoms with Crippen LogP contribution in [-0.2, 0) is 16.1 Å². The highest BCUT2D eigenvalue weighted by atomic mass is 16.5. The number of nitrogens with zero attached hydrogens (tertiary/aromatic N) is 3. The van der Waals surface area contributed by atoms with Crippen molar-refractivity contribution in [2.45, 2.75) is 38.8 Å². The van der Waals surface area contributed by atoms with Crippen molar-refractivity contribution in [2.24, 2.45) is 5.92 Å². The molecule has 25 heavy (non-hydrogen) atoms. The largest absolute Gasteiger partial charge is 0.467 e. The summed E-state index contributed by atoms with van der Waals surface area (Å²) in [6, 6.07) is 5.46. The van der Waals surface area contributed by atoms with Crippen LogP contribution in [0.5, 0.6) is 0 Å². The van der Waals surface area contributed by atoms with Gasteiger partial charge in [-0.1, -0.05) is 5.16 Å². The number of amides is 2. The molecule has 2 aromatic heterocycles. The Morgan fingerprint density at radius 2 is 2.32 bits per heavy atom. The van der Waals surface area contributed by atoms with Crippen LogP contribution < -0.4 is 0 Å². The monoisotopic (exact) mass is 343 g/mol. The Bertz CT molecular complexity index is 767. The van der Waals surface area contributed by atoms with Gasteiger partial charge in [-0.2, -0.15) is 0 Å². The van der Waals surface area contributed by atoms with Gasteiger partial charge in [0.1, 0.15) is 5.76 Å². The summed E-state index contributed by atoms with van der Waals surface area (Å²) in [5, 5.41) is 3.93. The summed E-state index contributed by atoms with van der Waals surface area (Å²) in [6.45, 7) is 3.43. The normalized spacial score (nSPS) is 23.6. The smallest absolute Gasteiger partial charge is 0.228 e. The van der Waals surface area contributed by atoms with Crippen molar-refractivity contribution >= 4 is 11.8 Å². The van der Waals surface area contributed by atoms with E-state index in [1.54, 1.807) is 17.2 Å². The average molecular weight is 343 g/mol. The molecule has 2 saturated heterocycles. The number of aromatic nitrogens is 1. The third kappa shape index (κ3) is 3.06. The number of hydrogen-bond donors (Lipinski definition) is 0. The molecule has 2 aromatic rings. The van der Waals surface area contributed by atoms with Crippen molar-refractivity contribution in [3.05, 3.63) is 41.7 Å². The molecule has 2 aliphatic heterocycles. The van der Waals surface area contributed by atoms with Gasteiger partial charge in [0.25, 0.3) is 0 Å². The number of likely N-dealkylation sites (tertiary alicyclic amines) is 2. The predicted octanol–water partition coefficient (Wildman–Crippen LogP) is 2.29. The molecule has 7 nitrogen and oxygen atoms in total. The quantitative estimate of drug-likeness (QED) is 0.851. The predicted molar refractivity (Wildman–Crippen MR) is 87.2 cm³/mol. The minimum Gasteiger partial charge on any atom is -0.467 e. The zero-order valence-corrected chi connectivity index (χ0v) is 14.2. The number of hydrogen-bond acceptors (Lipinski definition) is 5. The molecule has 0 aliphatic carbocycles. The van der Waals surface area contributed by atoms with E-state index in [-0.39, 0.29) is 30.2 Å². The fraction of sp³-hybridized carbons (Fsp3) is 0.500. The van der Waals surface area contributed by atoms with Gasteiger partial charge in [-0.25, -0.2) is 0 Å². The van der Waals surface area contributed by atoms with Crippen LogP contribution in [0.15, 0.2) is 33.4 Å². The van der Waals surface area contributed by atoms with E-state index in [0.717, 1.165) is 30.1 Å². The Balaban J connectivity index is 1.44. The molecule has 0 unspecified atom stereocenters. The summed E-state index contributed by atoms with van der Waals surface area (Å²) in [6.07, 6.45) is 3.66. The van der Waals surface area contributed by atoms with Crippen LogP contribution in [0.4, 0.5) is 0 Å². The highest BCUT2D eigenvalue weighted by Crippen LogP contribution is 2.35. The lowest BCUT2D eigenvalue weighted by molar-refractivity contribution is -0.137. The second kappa shape index (κ2) is 6.38. The molecule has 0 spiro atoms. The summed E-state index contributed by atoms with van der Waals surface area (Å²) >= 11 is 0. The first-order chi connectivity index (χ1) is 12.1. The zero-order chi connectivity index (χ0) is 17.4. The molecular weight excluding hydrogens is 322 g/mol. The van der Waals surface area contributed by atoms with E-state index in [4.69, 9.17) is 8.94 Å². The van der Waals surface area contributed by atoms with E-state index in [1.165, 1.54) is 0 Å². The Morgan fingerprint density at radius 3 is 3.04 bits per heavy atom. The molecule has 2 amide bonds. The molecule has 0 aromatic carbocycles. The Kier molecular flexibility index (Phi) is 4.07. The maximum Gasteiger partial charge on any atom is 0.228 e. The van der Waals surface area contributed by atoms with Crippen molar-refractivity contribution in [3.8, 4) is 0 Å². The fourth-order valence-corrected chi connectivity index (χ4v) is 3.78. The van der Waals surface area contributed by atoms with Crippen LogP contribution in [0.2, 0.25) is 0 Å². The van der Waals surface area contributed by atoms with Gasteiger partial charge >= 0.3 is 0 Å². The van der Waals surface area contributed by atoms with E-state index in [1.807, 2.05) is 24.0 Å². The molecule has 7 heteroatoms. The van der Waals surface area contributed by atoms with Crippen LogP contribution in [0.1, 0.15) is 42.5 Å². The van der Waals surface area contributed by atoms with E-state index < -0.39 is 0 Å². The van der Waals surface area contributed by atoms with Crippen LogP contribution in [-0.4, -0.2) is 39.9 Å². The van der Waals surface area contributed by atoms with Gasteiger partial charge in [0.05, 0.1) is 30.5 Å². The third-order valence-corrected chi connectivity index (χ3v) is 5.00. The minimum absolute atomic E-state index is 0.000932. The Labute approximate surface area is 145 Å². The minimum atomic E-state index is -0.299. The van der Waals surface area contributed by atoms with Crippen LogP contribution in [0, 0.1) is 12.8 Å². The van der Waals surface area contributed by atoms with Gasteiger partial charge in [-0.05, 0) is 31.9 Å². The highest BCUT2D eigenvalue weighted by Gasteiger charge is 2.41. The number of rotatable bonds is 4. The molecule has 4 rings (SSSR count). The van der Waals surface area contributed by atoms with Crippen LogP contribution >= 0.6 is 0 Å². The van der Waals surface area contributed by atoms with E-state index in [9.17, 15) is 9.59 Å². The summed E-state index contributed by atoms with van der Waals surface area (Å²) in [5.41, 5.74) is 0.815. The topological polar surface area (TPSA) is 79.8 Å². The van der Waals surface area contributed by atoms with E-state index >= 15 is 0 Å². The molecule has 2 aliphatic rings. The second-order valence-corrected chi connectivity index (χ2v) is 6.81. The SMILES string of the molecule is Cc1cc([C@H]2CCCN2C(=O)[C@@H]2CC(=O)N(Cc3ccco3)C2)on1. The lowest BCUT2D eigenvalue weighted by Gasteiger charge is -2.25. The van der Waals surface area contributed by atoms with Gasteiger partial charge in [0.15, 0.2) is 5.76 Å². The van der Waals surface area contributed by atoms with Crippen molar-refractivity contribution < 1.29 is 18.5 Å². The van der Waals surface area contributed by atoms with Crippen molar-refractivity contribution in [1.82, 2.24) is 15.0 Å². The van der Waals surface area contributed by atoms with Gasteiger partial charge in [0, 0.05) is 25.6 Å².